The van der Waals surface area contributed by atoms with Crippen molar-refractivity contribution in [1.82, 2.24) is 24.5 Å². The largest absolute Gasteiger partial charge is 0.328 e. The average Bonchev–Trinajstić information content (AvgIpc) is 3.07. The smallest absolute Gasteiger partial charge is 0.111 e. The molecule has 1 aromatic carbocycles. The standard InChI is InChI=1S/C15H19N5S/c1-4-20-13-8-6-5-7-11(13)17-14(20)9-12(16-3)15-10(2)18-19-21-15/h5-8,12,16H,4,9H2,1-3H3. The summed E-state index contributed by atoms with van der Waals surface area (Å²) in [6.45, 7) is 5.09. The molecule has 6 heteroatoms. The lowest BCUT2D eigenvalue weighted by Crippen LogP contribution is -2.20. The molecule has 0 aliphatic heterocycles. The molecule has 110 valence electrons. The molecule has 0 amide bonds. The van der Waals surface area contributed by atoms with Gasteiger partial charge in [-0.1, -0.05) is 16.6 Å². The lowest BCUT2D eigenvalue weighted by Gasteiger charge is -2.15. The van der Waals surface area contributed by atoms with E-state index in [2.05, 4.69) is 44.6 Å². The zero-order chi connectivity index (χ0) is 14.8. The van der Waals surface area contributed by atoms with E-state index in [0.29, 0.717) is 0 Å². The number of imidazole rings is 1. The number of aryl methyl sites for hydroxylation is 2. The molecule has 21 heavy (non-hydrogen) atoms. The highest BCUT2D eigenvalue weighted by Crippen LogP contribution is 2.25. The molecule has 0 saturated carbocycles. The molecule has 2 heterocycles. The van der Waals surface area contributed by atoms with E-state index in [9.17, 15) is 0 Å². The summed E-state index contributed by atoms with van der Waals surface area (Å²) in [5.41, 5.74) is 3.26. The van der Waals surface area contributed by atoms with Crippen LogP contribution in [-0.2, 0) is 13.0 Å². The van der Waals surface area contributed by atoms with E-state index in [0.717, 1.165) is 30.0 Å². The Morgan fingerprint density at radius 2 is 2.14 bits per heavy atom. The maximum Gasteiger partial charge on any atom is 0.111 e. The summed E-state index contributed by atoms with van der Waals surface area (Å²) in [7, 11) is 1.97. The van der Waals surface area contributed by atoms with Gasteiger partial charge in [0.2, 0.25) is 0 Å². The second-order valence-electron chi connectivity index (χ2n) is 5.03. The number of hydrogen-bond donors (Lipinski definition) is 1. The first kappa shape index (κ1) is 14.2. The minimum Gasteiger partial charge on any atom is -0.328 e. The highest BCUT2D eigenvalue weighted by Gasteiger charge is 2.19. The molecule has 0 spiro atoms. The van der Waals surface area contributed by atoms with Crippen LogP contribution < -0.4 is 5.32 Å². The Balaban J connectivity index is 1.98. The van der Waals surface area contributed by atoms with Gasteiger partial charge in [0.1, 0.15) is 5.82 Å². The van der Waals surface area contributed by atoms with Crippen molar-refractivity contribution >= 4 is 22.6 Å². The molecule has 1 atom stereocenters. The minimum atomic E-state index is 0.201. The van der Waals surface area contributed by atoms with Crippen molar-refractivity contribution in [3.63, 3.8) is 0 Å². The average molecular weight is 301 g/mol. The van der Waals surface area contributed by atoms with E-state index in [4.69, 9.17) is 4.98 Å². The van der Waals surface area contributed by atoms with Crippen molar-refractivity contribution < 1.29 is 0 Å². The Hall–Kier alpha value is -1.79. The number of benzene rings is 1. The lowest BCUT2D eigenvalue weighted by atomic mass is 10.1. The van der Waals surface area contributed by atoms with Crippen LogP contribution in [-0.4, -0.2) is 26.2 Å². The molecule has 5 nitrogen and oxygen atoms in total. The fourth-order valence-electron chi connectivity index (χ4n) is 2.70. The van der Waals surface area contributed by atoms with Gasteiger partial charge in [0.25, 0.3) is 0 Å². The number of fused-ring (bicyclic) bond motifs is 1. The van der Waals surface area contributed by atoms with Crippen LogP contribution in [0.1, 0.15) is 29.4 Å². The molecule has 3 aromatic rings. The fourth-order valence-corrected chi connectivity index (χ4v) is 3.45. The summed E-state index contributed by atoms with van der Waals surface area (Å²) in [4.78, 5) is 5.98. The van der Waals surface area contributed by atoms with E-state index >= 15 is 0 Å². The van der Waals surface area contributed by atoms with Crippen LogP contribution in [0.5, 0.6) is 0 Å². The normalized spacial score (nSPS) is 12.9. The van der Waals surface area contributed by atoms with Crippen LogP contribution in [0.2, 0.25) is 0 Å². The predicted molar refractivity (Wildman–Crippen MR) is 85.6 cm³/mol. The third-order valence-electron chi connectivity index (χ3n) is 3.79. The summed E-state index contributed by atoms with van der Waals surface area (Å²) in [5, 5.41) is 7.48. The molecule has 0 bridgehead atoms. The summed E-state index contributed by atoms with van der Waals surface area (Å²) in [6, 6.07) is 8.49. The van der Waals surface area contributed by atoms with Crippen molar-refractivity contribution in [2.75, 3.05) is 7.05 Å². The second-order valence-corrected chi connectivity index (χ2v) is 5.81. The Morgan fingerprint density at radius 1 is 1.33 bits per heavy atom. The third-order valence-corrected chi connectivity index (χ3v) is 4.73. The van der Waals surface area contributed by atoms with Crippen LogP contribution in [0.3, 0.4) is 0 Å². The maximum atomic E-state index is 4.80. The zero-order valence-corrected chi connectivity index (χ0v) is 13.3. The van der Waals surface area contributed by atoms with Gasteiger partial charge in [-0.2, -0.15) is 0 Å². The quantitative estimate of drug-likeness (QED) is 0.787. The van der Waals surface area contributed by atoms with Gasteiger partial charge in [-0.3, -0.25) is 0 Å². The highest BCUT2D eigenvalue weighted by atomic mass is 32.1. The highest BCUT2D eigenvalue weighted by molar-refractivity contribution is 7.05. The molecule has 0 aliphatic carbocycles. The van der Waals surface area contributed by atoms with Gasteiger partial charge >= 0.3 is 0 Å². The number of aromatic nitrogens is 4. The number of nitrogens with one attached hydrogen (secondary N) is 1. The van der Waals surface area contributed by atoms with Crippen LogP contribution >= 0.6 is 11.5 Å². The summed E-state index contributed by atoms with van der Waals surface area (Å²) >= 11 is 1.46. The number of nitrogens with zero attached hydrogens (tertiary/aromatic N) is 4. The van der Waals surface area contributed by atoms with Gasteiger partial charge in [0.05, 0.1) is 27.6 Å². The maximum absolute atomic E-state index is 4.80. The molecule has 0 saturated heterocycles. The predicted octanol–water partition coefficient (Wildman–Crippen LogP) is 2.72. The van der Waals surface area contributed by atoms with Crippen molar-refractivity contribution in [3.8, 4) is 0 Å². The van der Waals surface area contributed by atoms with Gasteiger partial charge < -0.3 is 9.88 Å². The Bertz CT molecular complexity index is 745. The van der Waals surface area contributed by atoms with E-state index in [1.165, 1.54) is 21.9 Å². The topological polar surface area (TPSA) is 55.6 Å². The monoisotopic (exact) mass is 301 g/mol. The Labute approximate surface area is 128 Å². The molecule has 0 fully saturated rings. The first-order chi connectivity index (χ1) is 10.2. The number of rotatable bonds is 5. The number of hydrogen-bond acceptors (Lipinski definition) is 5. The third kappa shape index (κ3) is 2.56. The van der Waals surface area contributed by atoms with Crippen LogP contribution in [0.15, 0.2) is 24.3 Å². The SMILES string of the molecule is CCn1c(CC(NC)c2snnc2C)nc2ccccc21. The first-order valence-corrected chi connectivity index (χ1v) is 7.92. The summed E-state index contributed by atoms with van der Waals surface area (Å²) in [5.74, 6) is 1.10. The van der Waals surface area contributed by atoms with Crippen LogP contribution in [0.25, 0.3) is 11.0 Å². The molecular formula is C15H19N5S. The molecular weight excluding hydrogens is 282 g/mol. The number of para-hydroxylation sites is 2. The van der Waals surface area contributed by atoms with Gasteiger partial charge in [-0.05, 0) is 44.6 Å². The molecule has 0 aliphatic rings. The minimum absolute atomic E-state index is 0.201. The van der Waals surface area contributed by atoms with E-state index in [1.54, 1.807) is 0 Å². The van der Waals surface area contributed by atoms with E-state index in [1.807, 2.05) is 20.0 Å². The van der Waals surface area contributed by atoms with Gasteiger partial charge in [-0.25, -0.2) is 4.98 Å². The molecule has 1 unspecified atom stereocenters. The van der Waals surface area contributed by atoms with Crippen LogP contribution in [0.4, 0.5) is 0 Å². The number of likely N-dealkylation sites (N-methyl/N-ethyl adjacent to an activating group) is 1. The molecule has 1 N–H and O–H groups in total. The van der Waals surface area contributed by atoms with Crippen LogP contribution in [0, 0.1) is 6.92 Å². The second kappa shape index (κ2) is 5.91. The summed E-state index contributed by atoms with van der Waals surface area (Å²) < 4.78 is 6.32. The molecule has 0 radical (unpaired) electrons. The lowest BCUT2D eigenvalue weighted by molar-refractivity contribution is 0.561. The fraction of sp³-hybridized carbons (Fsp3) is 0.400. The Morgan fingerprint density at radius 3 is 2.81 bits per heavy atom. The van der Waals surface area contributed by atoms with Gasteiger partial charge in [0, 0.05) is 13.0 Å². The first-order valence-electron chi connectivity index (χ1n) is 7.14. The van der Waals surface area contributed by atoms with E-state index < -0.39 is 0 Å². The van der Waals surface area contributed by atoms with Crippen molar-refractivity contribution in [3.05, 3.63) is 40.7 Å². The Kier molecular flexibility index (Phi) is 3.98. The van der Waals surface area contributed by atoms with Crippen molar-refractivity contribution in [2.45, 2.75) is 32.9 Å². The van der Waals surface area contributed by atoms with Crippen molar-refractivity contribution in [2.24, 2.45) is 0 Å². The molecule has 2 aromatic heterocycles. The van der Waals surface area contributed by atoms with Crippen molar-refractivity contribution in [1.29, 1.82) is 0 Å². The summed E-state index contributed by atoms with van der Waals surface area (Å²) in [6.07, 6.45) is 0.837. The van der Waals surface area contributed by atoms with Gasteiger partial charge in [0.15, 0.2) is 0 Å². The zero-order valence-electron chi connectivity index (χ0n) is 12.5. The van der Waals surface area contributed by atoms with Gasteiger partial charge in [-0.15, -0.1) is 5.10 Å². The molecule has 3 rings (SSSR count). The van der Waals surface area contributed by atoms with E-state index in [-0.39, 0.29) is 6.04 Å².